The lowest BCUT2D eigenvalue weighted by molar-refractivity contribution is -0.116. The summed E-state index contributed by atoms with van der Waals surface area (Å²) in [5, 5.41) is 9.08. The Bertz CT molecular complexity index is 407. The Hall–Kier alpha value is -1.07. The van der Waals surface area contributed by atoms with Gasteiger partial charge in [-0.25, -0.2) is 0 Å². The van der Waals surface area contributed by atoms with Crippen LogP contribution in [0, 0.1) is 0 Å². The third kappa shape index (κ3) is 3.71. The minimum atomic E-state index is -0.360. The van der Waals surface area contributed by atoms with E-state index in [2.05, 4.69) is 15.9 Å². The molecule has 0 fully saturated rings. The van der Waals surface area contributed by atoms with Crippen molar-refractivity contribution in [3.8, 4) is 0 Å². The van der Waals surface area contributed by atoms with E-state index in [0.717, 1.165) is 15.7 Å². The van der Waals surface area contributed by atoms with Crippen LogP contribution >= 0.6 is 15.9 Å². The number of anilines is 1. The molecule has 0 spiro atoms. The van der Waals surface area contributed by atoms with E-state index in [0.29, 0.717) is 0 Å². The zero-order valence-corrected chi connectivity index (χ0v) is 11.6. The molecule has 3 N–H and O–H groups in total. The molecule has 0 saturated carbocycles. The summed E-state index contributed by atoms with van der Waals surface area (Å²) in [7, 11) is 0. The molecule has 0 radical (unpaired) electrons. The predicted molar refractivity (Wildman–Crippen MR) is 71.7 cm³/mol. The van der Waals surface area contributed by atoms with Gasteiger partial charge >= 0.3 is 0 Å². The van der Waals surface area contributed by atoms with Crippen LogP contribution in [0.1, 0.15) is 19.4 Å². The molecule has 0 aliphatic heterocycles. The number of nitrogens with two attached hydrogens (primary N) is 1. The van der Waals surface area contributed by atoms with Crippen LogP contribution in [-0.2, 0) is 11.4 Å². The van der Waals surface area contributed by atoms with Crippen LogP contribution < -0.4 is 10.6 Å². The van der Waals surface area contributed by atoms with Gasteiger partial charge in [-0.15, -0.1) is 0 Å². The summed E-state index contributed by atoms with van der Waals surface area (Å²) in [6.45, 7) is 4.16. The van der Waals surface area contributed by atoms with Gasteiger partial charge in [0.05, 0.1) is 13.2 Å². The lowest BCUT2D eigenvalue weighted by Crippen LogP contribution is -2.38. The minimum Gasteiger partial charge on any atom is -0.392 e. The molecule has 4 nitrogen and oxygen atoms in total. The molecule has 0 aliphatic carbocycles. The van der Waals surface area contributed by atoms with E-state index in [9.17, 15) is 4.79 Å². The molecule has 5 heteroatoms. The van der Waals surface area contributed by atoms with Crippen molar-refractivity contribution in [2.75, 3.05) is 11.4 Å². The van der Waals surface area contributed by atoms with E-state index in [-0.39, 0.29) is 25.1 Å². The second-order valence-corrected chi connectivity index (χ2v) is 4.98. The van der Waals surface area contributed by atoms with Gasteiger partial charge in [0.1, 0.15) is 0 Å². The van der Waals surface area contributed by atoms with Crippen molar-refractivity contribution in [3.05, 3.63) is 28.2 Å². The van der Waals surface area contributed by atoms with Crippen molar-refractivity contribution in [2.45, 2.75) is 26.5 Å². The van der Waals surface area contributed by atoms with Crippen LogP contribution in [0.5, 0.6) is 0 Å². The van der Waals surface area contributed by atoms with Gasteiger partial charge in [0.25, 0.3) is 0 Å². The second kappa shape index (κ2) is 6.02. The molecule has 0 aliphatic rings. The molecule has 17 heavy (non-hydrogen) atoms. The molecule has 0 saturated heterocycles. The van der Waals surface area contributed by atoms with Crippen LogP contribution in [0.2, 0.25) is 0 Å². The van der Waals surface area contributed by atoms with Gasteiger partial charge in [-0.2, -0.15) is 0 Å². The third-order valence-electron chi connectivity index (χ3n) is 2.49. The highest BCUT2D eigenvalue weighted by Crippen LogP contribution is 2.25. The van der Waals surface area contributed by atoms with Crippen LogP contribution in [0.15, 0.2) is 22.7 Å². The van der Waals surface area contributed by atoms with Crippen molar-refractivity contribution < 1.29 is 9.90 Å². The molecular formula is C12H17BrN2O2. The maximum absolute atomic E-state index is 11.0. The molecule has 0 heterocycles. The third-order valence-corrected chi connectivity index (χ3v) is 3.23. The van der Waals surface area contributed by atoms with Crippen molar-refractivity contribution in [1.29, 1.82) is 0 Å². The van der Waals surface area contributed by atoms with Crippen LogP contribution in [0.4, 0.5) is 5.69 Å². The number of benzene rings is 1. The number of carbonyl (C=O) groups is 1. The Morgan fingerprint density at radius 3 is 2.59 bits per heavy atom. The van der Waals surface area contributed by atoms with E-state index in [4.69, 9.17) is 10.8 Å². The monoisotopic (exact) mass is 300 g/mol. The zero-order chi connectivity index (χ0) is 13.0. The normalized spacial score (nSPS) is 10.6. The summed E-state index contributed by atoms with van der Waals surface area (Å²) in [4.78, 5) is 12.9. The predicted octanol–water partition coefficient (Wildman–Crippen LogP) is 1.64. The van der Waals surface area contributed by atoms with Crippen LogP contribution in [0.25, 0.3) is 0 Å². The van der Waals surface area contributed by atoms with Gasteiger partial charge in [-0.1, -0.05) is 22.0 Å². The fraction of sp³-hybridized carbons (Fsp3) is 0.417. The molecule has 0 bridgehead atoms. The van der Waals surface area contributed by atoms with E-state index >= 15 is 0 Å². The highest BCUT2D eigenvalue weighted by atomic mass is 79.9. The van der Waals surface area contributed by atoms with Crippen molar-refractivity contribution in [3.63, 3.8) is 0 Å². The summed E-state index contributed by atoms with van der Waals surface area (Å²) >= 11 is 3.39. The largest absolute Gasteiger partial charge is 0.392 e. The van der Waals surface area contributed by atoms with Crippen LogP contribution in [-0.4, -0.2) is 23.6 Å². The minimum absolute atomic E-state index is 0.0155. The average Bonchev–Trinajstić information content (AvgIpc) is 2.25. The lowest BCUT2D eigenvalue weighted by atomic mass is 10.2. The Labute approximate surface area is 110 Å². The Kier molecular flexibility index (Phi) is 4.96. The Balaban J connectivity index is 3.02. The van der Waals surface area contributed by atoms with E-state index in [1.165, 1.54) is 0 Å². The number of halogens is 1. The number of primary amides is 1. The first kappa shape index (κ1) is 14.0. The van der Waals surface area contributed by atoms with Crippen molar-refractivity contribution in [2.24, 2.45) is 5.73 Å². The van der Waals surface area contributed by atoms with Gasteiger partial charge in [-0.3, -0.25) is 4.79 Å². The average molecular weight is 301 g/mol. The highest BCUT2D eigenvalue weighted by Gasteiger charge is 2.14. The van der Waals surface area contributed by atoms with E-state index in [1.54, 1.807) is 0 Å². The number of hydrogen-bond acceptors (Lipinski definition) is 3. The summed E-state index contributed by atoms with van der Waals surface area (Å²) in [5.74, 6) is -0.360. The van der Waals surface area contributed by atoms with Crippen molar-refractivity contribution >= 4 is 27.5 Å². The van der Waals surface area contributed by atoms with Crippen molar-refractivity contribution in [1.82, 2.24) is 0 Å². The first-order chi connectivity index (χ1) is 7.95. The highest BCUT2D eigenvalue weighted by molar-refractivity contribution is 9.10. The number of nitrogens with zero attached hydrogens (tertiary/aromatic N) is 1. The van der Waals surface area contributed by atoms with E-state index in [1.807, 2.05) is 36.9 Å². The lowest BCUT2D eigenvalue weighted by Gasteiger charge is -2.28. The van der Waals surface area contributed by atoms with Gasteiger partial charge in [0.15, 0.2) is 0 Å². The topological polar surface area (TPSA) is 66.6 Å². The Morgan fingerprint density at radius 1 is 1.53 bits per heavy atom. The Morgan fingerprint density at radius 2 is 2.18 bits per heavy atom. The number of aliphatic hydroxyl groups excluding tert-OH is 1. The molecular weight excluding hydrogens is 284 g/mol. The van der Waals surface area contributed by atoms with Crippen LogP contribution in [0.3, 0.4) is 0 Å². The molecule has 1 rings (SSSR count). The number of carbonyl (C=O) groups excluding carboxylic acids is 1. The van der Waals surface area contributed by atoms with Gasteiger partial charge < -0.3 is 15.7 Å². The summed E-state index contributed by atoms with van der Waals surface area (Å²) in [5.41, 5.74) is 6.95. The maximum Gasteiger partial charge on any atom is 0.236 e. The number of rotatable bonds is 5. The summed E-state index contributed by atoms with van der Waals surface area (Å²) < 4.78 is 0.827. The fourth-order valence-electron chi connectivity index (χ4n) is 1.58. The number of amides is 1. The van der Waals surface area contributed by atoms with Gasteiger partial charge in [0.2, 0.25) is 5.91 Å². The SMILES string of the molecule is CC(C)N(CC(N)=O)c1ccc(CO)c(Br)c1. The molecule has 1 aromatic carbocycles. The standard InChI is InChI=1S/C12H17BrN2O2/c1-8(2)15(6-12(14)17)10-4-3-9(7-16)11(13)5-10/h3-5,8,16H,6-7H2,1-2H3,(H2,14,17). The first-order valence-electron chi connectivity index (χ1n) is 5.40. The molecule has 94 valence electrons. The smallest absolute Gasteiger partial charge is 0.236 e. The molecule has 1 aromatic rings. The number of aliphatic hydroxyl groups is 1. The number of hydrogen-bond donors (Lipinski definition) is 2. The molecule has 0 unspecified atom stereocenters. The fourth-order valence-corrected chi connectivity index (χ4v) is 2.08. The first-order valence-corrected chi connectivity index (χ1v) is 6.19. The van der Waals surface area contributed by atoms with E-state index < -0.39 is 0 Å². The van der Waals surface area contributed by atoms with Gasteiger partial charge in [-0.05, 0) is 31.5 Å². The summed E-state index contributed by atoms with van der Waals surface area (Å²) in [6.07, 6.45) is 0. The maximum atomic E-state index is 11.0. The molecule has 0 atom stereocenters. The zero-order valence-electron chi connectivity index (χ0n) is 9.98. The molecule has 0 aromatic heterocycles. The van der Waals surface area contributed by atoms with Gasteiger partial charge in [0, 0.05) is 16.2 Å². The second-order valence-electron chi connectivity index (χ2n) is 4.12. The quantitative estimate of drug-likeness (QED) is 0.869. The summed E-state index contributed by atoms with van der Waals surface area (Å²) in [6, 6.07) is 5.76. The molecule has 1 amide bonds.